The molecule has 1 rings (SSSR count). The number of esters is 1. The number of aromatic nitrogens is 1. The maximum atomic E-state index is 11.3. The number of pyridine rings is 1. The van der Waals surface area contributed by atoms with Crippen molar-refractivity contribution in [3.63, 3.8) is 0 Å². The molecule has 0 saturated carbocycles. The van der Waals surface area contributed by atoms with E-state index in [4.69, 9.17) is 4.74 Å². The number of aliphatic hydroxyl groups excluding tert-OH is 1. The van der Waals surface area contributed by atoms with Crippen molar-refractivity contribution in [1.82, 2.24) is 4.98 Å². The number of halogens is 1. The third kappa shape index (κ3) is 2.70. The van der Waals surface area contributed by atoms with Gasteiger partial charge >= 0.3 is 5.97 Å². The minimum Gasteiger partial charge on any atom is -0.495 e. The van der Waals surface area contributed by atoms with Gasteiger partial charge in [-0.2, -0.15) is 0 Å². The summed E-state index contributed by atoms with van der Waals surface area (Å²) < 4.78 is 9.58. The van der Waals surface area contributed by atoms with E-state index in [2.05, 4.69) is 25.7 Å². The summed E-state index contributed by atoms with van der Waals surface area (Å²) >= 11 is 3.13. The average Bonchev–Trinajstić information content (AvgIpc) is 2.35. The average molecular weight is 290 g/mol. The van der Waals surface area contributed by atoms with Crippen LogP contribution < -0.4 is 4.74 Å². The van der Waals surface area contributed by atoms with Crippen LogP contribution in [0, 0.1) is 0 Å². The quantitative estimate of drug-likeness (QED) is 0.668. The molecule has 1 heterocycles. The number of rotatable bonds is 4. The Bertz CT molecular complexity index is 383. The Kier molecular flexibility index (Phi) is 4.70. The van der Waals surface area contributed by atoms with Gasteiger partial charge in [0.25, 0.3) is 0 Å². The number of methoxy groups -OCH3 is 2. The van der Waals surface area contributed by atoms with E-state index in [9.17, 15) is 9.90 Å². The van der Waals surface area contributed by atoms with Crippen LogP contribution in [0.25, 0.3) is 0 Å². The predicted octanol–water partition coefficient (Wildman–Crippen LogP) is 1.31. The fraction of sp³-hybridized carbons (Fsp3) is 0.400. The number of aliphatic hydroxyl groups is 1. The van der Waals surface area contributed by atoms with Crippen LogP contribution >= 0.6 is 15.9 Å². The zero-order valence-electron chi connectivity index (χ0n) is 8.94. The van der Waals surface area contributed by atoms with Crippen molar-refractivity contribution in [2.45, 2.75) is 6.10 Å². The number of carbonyl (C=O) groups is 1. The van der Waals surface area contributed by atoms with Crippen molar-refractivity contribution in [3.8, 4) is 5.75 Å². The lowest BCUT2D eigenvalue weighted by Gasteiger charge is -2.12. The molecule has 5 nitrogen and oxygen atoms in total. The highest BCUT2D eigenvalue weighted by molar-refractivity contribution is 9.09. The lowest BCUT2D eigenvalue weighted by molar-refractivity contribution is 0.0593. The standard InChI is InChI=1S/C10H12BrNO4/c1-15-8-4-3-6(10(14)16-2)12-9(8)7(13)5-11/h3-4,7,13H,5H2,1-2H3. The minimum atomic E-state index is -0.834. The third-order valence-electron chi connectivity index (χ3n) is 1.96. The molecule has 0 amide bonds. The van der Waals surface area contributed by atoms with Crippen molar-refractivity contribution >= 4 is 21.9 Å². The van der Waals surface area contributed by atoms with Gasteiger partial charge in [-0.1, -0.05) is 15.9 Å². The summed E-state index contributed by atoms with van der Waals surface area (Å²) in [6, 6.07) is 3.05. The first-order valence-corrected chi connectivity index (χ1v) is 5.63. The predicted molar refractivity (Wildman–Crippen MR) is 60.9 cm³/mol. The SMILES string of the molecule is COC(=O)c1ccc(OC)c(C(O)CBr)n1. The highest BCUT2D eigenvalue weighted by Crippen LogP contribution is 2.24. The van der Waals surface area contributed by atoms with E-state index in [0.717, 1.165) is 0 Å². The number of carbonyl (C=O) groups excluding carboxylic acids is 1. The van der Waals surface area contributed by atoms with Gasteiger partial charge in [0.1, 0.15) is 23.2 Å². The van der Waals surface area contributed by atoms with Crippen LogP contribution in [-0.2, 0) is 4.74 Å². The van der Waals surface area contributed by atoms with Crippen LogP contribution in [0.4, 0.5) is 0 Å². The van der Waals surface area contributed by atoms with E-state index in [1.807, 2.05) is 0 Å². The van der Waals surface area contributed by atoms with Gasteiger partial charge in [0.2, 0.25) is 0 Å². The molecule has 0 saturated heterocycles. The maximum absolute atomic E-state index is 11.3. The summed E-state index contributed by atoms with van der Waals surface area (Å²) in [4.78, 5) is 15.3. The van der Waals surface area contributed by atoms with Gasteiger partial charge in [-0.05, 0) is 12.1 Å². The fourth-order valence-corrected chi connectivity index (χ4v) is 1.47. The normalized spacial score (nSPS) is 12.0. The highest BCUT2D eigenvalue weighted by Gasteiger charge is 2.17. The topological polar surface area (TPSA) is 68.7 Å². The van der Waals surface area contributed by atoms with Crippen LogP contribution in [0.1, 0.15) is 22.3 Å². The fourth-order valence-electron chi connectivity index (χ4n) is 1.16. The van der Waals surface area contributed by atoms with E-state index in [-0.39, 0.29) is 5.69 Å². The highest BCUT2D eigenvalue weighted by atomic mass is 79.9. The Balaban J connectivity index is 3.15. The van der Waals surface area contributed by atoms with Crippen LogP contribution in [0.2, 0.25) is 0 Å². The summed E-state index contributed by atoms with van der Waals surface area (Å²) in [7, 11) is 2.74. The van der Waals surface area contributed by atoms with Crippen molar-refractivity contribution in [1.29, 1.82) is 0 Å². The van der Waals surface area contributed by atoms with Gasteiger partial charge in [-0.3, -0.25) is 0 Å². The van der Waals surface area contributed by atoms with E-state index < -0.39 is 12.1 Å². The Morgan fingerprint density at radius 2 is 2.25 bits per heavy atom. The molecule has 0 aliphatic heterocycles. The molecule has 0 spiro atoms. The number of nitrogens with zero attached hydrogens (tertiary/aromatic N) is 1. The van der Waals surface area contributed by atoms with Crippen LogP contribution in [0.5, 0.6) is 5.75 Å². The van der Waals surface area contributed by atoms with Crippen LogP contribution in [-0.4, -0.2) is 35.6 Å². The molecule has 0 radical (unpaired) electrons. The molecule has 16 heavy (non-hydrogen) atoms. The number of ether oxygens (including phenoxy) is 2. The second-order valence-corrected chi connectivity index (χ2v) is 3.59. The molecule has 0 aromatic carbocycles. The molecule has 6 heteroatoms. The first-order chi connectivity index (χ1) is 7.63. The smallest absolute Gasteiger partial charge is 0.356 e. The van der Waals surface area contributed by atoms with Gasteiger partial charge < -0.3 is 14.6 Å². The summed E-state index contributed by atoms with van der Waals surface area (Å²) in [5, 5.41) is 9.99. The van der Waals surface area contributed by atoms with Gasteiger partial charge in [-0.15, -0.1) is 0 Å². The molecule has 1 aromatic rings. The van der Waals surface area contributed by atoms with Crippen molar-refractivity contribution in [2.75, 3.05) is 19.5 Å². The minimum absolute atomic E-state index is 0.137. The third-order valence-corrected chi connectivity index (χ3v) is 2.58. The van der Waals surface area contributed by atoms with Crippen LogP contribution in [0.15, 0.2) is 12.1 Å². The molecular weight excluding hydrogens is 278 g/mol. The molecule has 1 aromatic heterocycles. The molecule has 0 aliphatic rings. The van der Waals surface area contributed by atoms with Crippen molar-refractivity contribution in [2.24, 2.45) is 0 Å². The molecule has 0 aliphatic carbocycles. The summed E-state index contributed by atoms with van der Waals surface area (Å²) in [5.74, 6) is -0.120. The Labute approximate surface area is 102 Å². The van der Waals surface area contributed by atoms with E-state index in [0.29, 0.717) is 16.8 Å². The molecule has 0 bridgehead atoms. The maximum Gasteiger partial charge on any atom is 0.356 e. The molecular formula is C10H12BrNO4. The second kappa shape index (κ2) is 5.81. The first kappa shape index (κ1) is 12.9. The molecule has 1 unspecified atom stereocenters. The molecule has 0 fully saturated rings. The number of alkyl halides is 1. The Hall–Kier alpha value is -1.14. The number of hydrogen-bond acceptors (Lipinski definition) is 5. The van der Waals surface area contributed by atoms with E-state index >= 15 is 0 Å². The monoisotopic (exact) mass is 289 g/mol. The summed E-state index contributed by atoms with van der Waals surface area (Å²) in [6.07, 6.45) is -0.834. The zero-order valence-corrected chi connectivity index (χ0v) is 10.5. The van der Waals surface area contributed by atoms with Crippen molar-refractivity contribution in [3.05, 3.63) is 23.5 Å². The van der Waals surface area contributed by atoms with Gasteiger partial charge in [0, 0.05) is 5.33 Å². The largest absolute Gasteiger partial charge is 0.495 e. The first-order valence-electron chi connectivity index (χ1n) is 4.51. The lowest BCUT2D eigenvalue weighted by atomic mass is 10.2. The molecule has 1 atom stereocenters. The lowest BCUT2D eigenvalue weighted by Crippen LogP contribution is -2.10. The summed E-state index contributed by atoms with van der Waals surface area (Å²) in [6.45, 7) is 0. The van der Waals surface area contributed by atoms with E-state index in [1.165, 1.54) is 20.3 Å². The Morgan fingerprint density at radius 3 is 2.75 bits per heavy atom. The zero-order chi connectivity index (χ0) is 12.1. The summed E-state index contributed by atoms with van der Waals surface area (Å²) in [5.41, 5.74) is 0.445. The molecule has 1 N–H and O–H groups in total. The van der Waals surface area contributed by atoms with Gasteiger partial charge in [0.05, 0.1) is 14.2 Å². The van der Waals surface area contributed by atoms with Crippen molar-refractivity contribution < 1.29 is 19.4 Å². The van der Waals surface area contributed by atoms with E-state index in [1.54, 1.807) is 6.07 Å². The number of hydrogen-bond donors (Lipinski definition) is 1. The van der Waals surface area contributed by atoms with Gasteiger partial charge in [-0.25, -0.2) is 9.78 Å². The second-order valence-electron chi connectivity index (χ2n) is 2.95. The molecule has 88 valence electrons. The van der Waals surface area contributed by atoms with Crippen LogP contribution in [0.3, 0.4) is 0 Å². The van der Waals surface area contributed by atoms with Gasteiger partial charge in [0.15, 0.2) is 0 Å². The Morgan fingerprint density at radius 1 is 1.56 bits per heavy atom.